The van der Waals surface area contributed by atoms with Crippen molar-refractivity contribution in [3.63, 3.8) is 0 Å². The van der Waals surface area contributed by atoms with E-state index in [-0.39, 0.29) is 11.8 Å². The molecule has 4 aromatic rings. The Morgan fingerprint density at radius 1 is 1.09 bits per heavy atom. The summed E-state index contributed by atoms with van der Waals surface area (Å²) in [5, 5.41) is 8.73. The van der Waals surface area contributed by atoms with Gasteiger partial charge in [-0.15, -0.1) is 10.2 Å². The molecule has 1 aromatic carbocycles. The molecule has 7 nitrogen and oxygen atoms in total. The van der Waals surface area contributed by atoms with Crippen molar-refractivity contribution >= 4 is 11.6 Å². The fraction of sp³-hybridized carbons (Fsp3) is 0.320. The van der Waals surface area contributed by atoms with Gasteiger partial charge in [-0.1, -0.05) is 6.07 Å². The first kappa shape index (κ1) is 20.3. The van der Waals surface area contributed by atoms with Gasteiger partial charge in [0.1, 0.15) is 11.6 Å². The number of likely N-dealkylation sites (tertiary alicyclic amines) is 1. The molecule has 5 rings (SSSR count). The number of hydrogen-bond acceptors (Lipinski definition) is 4. The van der Waals surface area contributed by atoms with Gasteiger partial charge in [-0.25, -0.2) is 0 Å². The van der Waals surface area contributed by atoms with Crippen LogP contribution in [0.2, 0.25) is 0 Å². The molecule has 0 bridgehead atoms. The molecule has 4 heterocycles. The molecule has 0 saturated carbocycles. The molecule has 1 saturated heterocycles. The third kappa shape index (κ3) is 3.43. The molecule has 1 aliphatic rings. The zero-order chi connectivity index (χ0) is 22.2. The number of pyridine rings is 1. The van der Waals surface area contributed by atoms with Crippen LogP contribution in [-0.2, 0) is 0 Å². The first-order chi connectivity index (χ1) is 15.6. The van der Waals surface area contributed by atoms with Gasteiger partial charge >= 0.3 is 0 Å². The molecule has 1 fully saturated rings. The maximum Gasteiger partial charge on any atom is 0.255 e. The van der Waals surface area contributed by atoms with Crippen LogP contribution in [-0.4, -0.2) is 50.2 Å². The van der Waals surface area contributed by atoms with Gasteiger partial charge in [0.05, 0.1) is 12.7 Å². The third-order valence-electron chi connectivity index (χ3n) is 6.41. The Balaban J connectivity index is 1.41. The molecular formula is C25H27N5O2. The largest absolute Gasteiger partial charge is 0.497 e. The lowest BCUT2D eigenvalue weighted by molar-refractivity contribution is 0.0703. The predicted molar refractivity (Wildman–Crippen MR) is 123 cm³/mol. The molecular weight excluding hydrogens is 402 g/mol. The minimum Gasteiger partial charge on any atom is -0.497 e. The summed E-state index contributed by atoms with van der Waals surface area (Å²) in [5.41, 5.74) is 4.60. The molecule has 3 aromatic heterocycles. The van der Waals surface area contributed by atoms with Crippen molar-refractivity contribution in [2.75, 3.05) is 20.2 Å². The number of methoxy groups -OCH3 is 1. The highest BCUT2D eigenvalue weighted by molar-refractivity contribution is 5.96. The first-order valence-corrected chi connectivity index (χ1v) is 11.0. The topological polar surface area (TPSA) is 64.7 Å². The van der Waals surface area contributed by atoms with E-state index in [1.807, 2.05) is 77.9 Å². The number of carbonyl (C=O) groups excluding carboxylic acids is 1. The number of hydrogen-bond donors (Lipinski definition) is 0. The Labute approximate surface area is 187 Å². The van der Waals surface area contributed by atoms with E-state index in [9.17, 15) is 4.79 Å². The molecule has 0 N–H and O–H groups in total. The van der Waals surface area contributed by atoms with Crippen molar-refractivity contribution in [2.45, 2.75) is 32.6 Å². The maximum absolute atomic E-state index is 13.5. The second kappa shape index (κ2) is 8.15. The van der Waals surface area contributed by atoms with Gasteiger partial charge in [-0.2, -0.15) is 0 Å². The van der Waals surface area contributed by atoms with Gasteiger partial charge in [0.15, 0.2) is 5.65 Å². The number of aromatic nitrogens is 4. The van der Waals surface area contributed by atoms with Crippen LogP contribution < -0.4 is 4.74 Å². The zero-order valence-corrected chi connectivity index (χ0v) is 18.7. The zero-order valence-electron chi connectivity index (χ0n) is 18.7. The highest BCUT2D eigenvalue weighted by Gasteiger charge is 2.30. The number of benzene rings is 1. The number of piperidine rings is 1. The van der Waals surface area contributed by atoms with Crippen LogP contribution in [0.5, 0.6) is 5.75 Å². The highest BCUT2D eigenvalue weighted by atomic mass is 16.5. The Kier molecular flexibility index (Phi) is 5.17. The van der Waals surface area contributed by atoms with Crippen molar-refractivity contribution in [1.29, 1.82) is 0 Å². The molecule has 0 radical (unpaired) electrons. The molecule has 1 atom stereocenters. The second-order valence-electron chi connectivity index (χ2n) is 8.40. The summed E-state index contributed by atoms with van der Waals surface area (Å²) in [5.74, 6) is 2.00. The molecule has 1 amide bonds. The molecule has 32 heavy (non-hydrogen) atoms. The summed E-state index contributed by atoms with van der Waals surface area (Å²) in [6, 6.07) is 15.8. The Morgan fingerprint density at radius 2 is 1.91 bits per heavy atom. The standard InChI is InChI=1S/C25H27N5O2/c1-17-15-22(18(2)30(17)20-9-11-21(32-3)12-10-20)25(31)28-13-6-7-19(16-28)24-27-26-23-8-4-5-14-29(23)24/h4-5,8-12,14-15,19H,6-7,13,16H2,1-3H3/t19-/m0/s1. The van der Waals surface area contributed by atoms with Crippen molar-refractivity contribution < 1.29 is 9.53 Å². The summed E-state index contributed by atoms with van der Waals surface area (Å²) in [6.45, 7) is 5.46. The van der Waals surface area contributed by atoms with Gasteiger partial charge < -0.3 is 14.2 Å². The van der Waals surface area contributed by atoms with E-state index in [1.165, 1.54) is 0 Å². The number of ether oxygens (including phenoxy) is 1. The Morgan fingerprint density at radius 3 is 2.69 bits per heavy atom. The molecule has 0 aliphatic carbocycles. The fourth-order valence-electron chi connectivity index (χ4n) is 4.79. The lowest BCUT2D eigenvalue weighted by atomic mass is 9.96. The average molecular weight is 430 g/mol. The maximum atomic E-state index is 13.5. The number of aryl methyl sites for hydroxylation is 1. The van der Waals surface area contributed by atoms with E-state index in [0.29, 0.717) is 6.54 Å². The number of nitrogens with zero attached hydrogens (tertiary/aromatic N) is 5. The second-order valence-corrected chi connectivity index (χ2v) is 8.40. The van der Waals surface area contributed by atoms with Crippen molar-refractivity contribution in [3.05, 3.63) is 77.5 Å². The summed E-state index contributed by atoms with van der Waals surface area (Å²) in [4.78, 5) is 15.5. The molecule has 164 valence electrons. The minimum absolute atomic E-state index is 0.0800. The number of carbonyl (C=O) groups is 1. The smallest absolute Gasteiger partial charge is 0.255 e. The fourth-order valence-corrected chi connectivity index (χ4v) is 4.79. The van der Waals surface area contributed by atoms with Crippen LogP contribution >= 0.6 is 0 Å². The molecule has 0 unspecified atom stereocenters. The molecule has 7 heteroatoms. The van der Waals surface area contributed by atoms with Crippen LogP contribution in [0.1, 0.15) is 46.3 Å². The monoisotopic (exact) mass is 429 g/mol. The minimum atomic E-state index is 0.0800. The van der Waals surface area contributed by atoms with E-state index >= 15 is 0 Å². The number of rotatable bonds is 4. The van der Waals surface area contributed by atoms with Crippen molar-refractivity contribution in [1.82, 2.24) is 24.1 Å². The molecule has 1 aliphatic heterocycles. The van der Waals surface area contributed by atoms with Gasteiger partial charge in [-0.05, 0) is 69.2 Å². The summed E-state index contributed by atoms with van der Waals surface area (Å²) in [7, 11) is 1.66. The van der Waals surface area contributed by atoms with Crippen LogP contribution in [0.15, 0.2) is 54.7 Å². The van der Waals surface area contributed by atoms with Gasteiger partial charge in [0.2, 0.25) is 0 Å². The highest BCUT2D eigenvalue weighted by Crippen LogP contribution is 2.29. The first-order valence-electron chi connectivity index (χ1n) is 11.0. The number of fused-ring (bicyclic) bond motifs is 1. The van der Waals surface area contributed by atoms with E-state index < -0.39 is 0 Å². The lowest BCUT2D eigenvalue weighted by Gasteiger charge is -2.32. The van der Waals surface area contributed by atoms with E-state index in [2.05, 4.69) is 14.8 Å². The lowest BCUT2D eigenvalue weighted by Crippen LogP contribution is -2.39. The van der Waals surface area contributed by atoms with E-state index in [1.54, 1.807) is 7.11 Å². The normalized spacial score (nSPS) is 16.5. The number of amides is 1. The Bertz CT molecular complexity index is 1270. The summed E-state index contributed by atoms with van der Waals surface area (Å²) < 4.78 is 9.44. The van der Waals surface area contributed by atoms with Crippen LogP contribution in [0, 0.1) is 13.8 Å². The summed E-state index contributed by atoms with van der Waals surface area (Å²) in [6.07, 6.45) is 3.95. The molecule has 0 spiro atoms. The van der Waals surface area contributed by atoms with Crippen molar-refractivity contribution in [2.24, 2.45) is 0 Å². The van der Waals surface area contributed by atoms with Crippen LogP contribution in [0.4, 0.5) is 0 Å². The quantitative estimate of drug-likeness (QED) is 0.489. The van der Waals surface area contributed by atoms with E-state index in [4.69, 9.17) is 4.74 Å². The SMILES string of the molecule is COc1ccc(-n2c(C)cc(C(=O)N3CCC[C@H](c4nnc5ccccn45)C3)c2C)cc1. The van der Waals surface area contributed by atoms with Crippen LogP contribution in [0.25, 0.3) is 11.3 Å². The predicted octanol–water partition coefficient (Wildman–Crippen LogP) is 4.17. The van der Waals surface area contributed by atoms with Gasteiger partial charge in [-0.3, -0.25) is 9.20 Å². The van der Waals surface area contributed by atoms with Crippen molar-refractivity contribution in [3.8, 4) is 11.4 Å². The van der Waals surface area contributed by atoms with Crippen LogP contribution in [0.3, 0.4) is 0 Å². The third-order valence-corrected chi connectivity index (χ3v) is 6.41. The van der Waals surface area contributed by atoms with Gasteiger partial charge in [0, 0.05) is 42.3 Å². The van der Waals surface area contributed by atoms with E-state index in [0.717, 1.165) is 59.2 Å². The van der Waals surface area contributed by atoms with Gasteiger partial charge in [0.25, 0.3) is 5.91 Å². The average Bonchev–Trinajstić information content (AvgIpc) is 3.39. The summed E-state index contributed by atoms with van der Waals surface area (Å²) >= 11 is 0. The Hall–Kier alpha value is -3.61.